The highest BCUT2D eigenvalue weighted by Gasteiger charge is 2.64. The summed E-state index contributed by atoms with van der Waals surface area (Å²) >= 11 is 0. The summed E-state index contributed by atoms with van der Waals surface area (Å²) < 4.78 is 0. The lowest BCUT2D eigenvalue weighted by Gasteiger charge is -2.58. The average molecular weight is 392 g/mol. The molecule has 3 aliphatic heterocycles. The van der Waals surface area contributed by atoms with Crippen molar-refractivity contribution in [2.45, 2.75) is 37.2 Å². The quantitative estimate of drug-likeness (QED) is 0.770. The second kappa shape index (κ2) is 7.02. The lowest BCUT2D eigenvalue weighted by Crippen LogP contribution is -2.81. The maximum Gasteiger partial charge on any atom is 0.252 e. The molecule has 0 bridgehead atoms. The molecule has 5 rings (SSSR count). The van der Waals surface area contributed by atoms with E-state index in [-0.39, 0.29) is 18.4 Å². The lowest BCUT2D eigenvalue weighted by atomic mass is 9.82. The number of carbonyl (C=O) groups excluding carboxylic acids is 2. The molecule has 1 spiro atoms. The number of nitrogens with zero attached hydrogens (tertiary/aromatic N) is 4. The average Bonchev–Trinajstić information content (AvgIpc) is 3.10. The largest absolute Gasteiger partial charge is 0.392 e. The minimum absolute atomic E-state index is 0.136. The van der Waals surface area contributed by atoms with Crippen molar-refractivity contribution in [3.05, 3.63) is 66.0 Å². The Kier molecular flexibility index (Phi) is 4.46. The van der Waals surface area contributed by atoms with E-state index in [1.165, 1.54) is 4.90 Å². The first-order chi connectivity index (χ1) is 14.1. The third kappa shape index (κ3) is 3.06. The molecule has 1 aromatic heterocycles. The number of pyridine rings is 1. The molecule has 0 radical (unpaired) electrons. The fourth-order valence-electron chi connectivity index (χ4n) is 4.96. The number of benzene rings is 1. The molecule has 3 aliphatic rings. The number of carbonyl (C=O) groups is 2. The first-order valence-electron chi connectivity index (χ1n) is 10.0. The predicted octanol–water partition coefficient (Wildman–Crippen LogP) is 0.640. The van der Waals surface area contributed by atoms with Gasteiger partial charge in [0.05, 0.1) is 18.7 Å². The van der Waals surface area contributed by atoms with Gasteiger partial charge in [0.25, 0.3) is 5.91 Å². The SMILES string of the molecule is O=C1C2CC(O)CN2C2(CN(Cc3ccncc3)C2)C(=O)N1Cc1ccccc1. The highest BCUT2D eigenvalue weighted by molar-refractivity contribution is 6.06. The number of aromatic nitrogens is 1. The van der Waals surface area contributed by atoms with Crippen molar-refractivity contribution < 1.29 is 14.7 Å². The summed E-state index contributed by atoms with van der Waals surface area (Å²) in [4.78, 5) is 36.3. The van der Waals surface area contributed by atoms with Gasteiger partial charge in [0.1, 0.15) is 5.54 Å². The maximum absolute atomic E-state index is 13.5. The van der Waals surface area contributed by atoms with E-state index in [9.17, 15) is 14.7 Å². The van der Waals surface area contributed by atoms with E-state index < -0.39 is 17.7 Å². The van der Waals surface area contributed by atoms with Gasteiger partial charge in [-0.3, -0.25) is 29.3 Å². The van der Waals surface area contributed by atoms with Crippen LogP contribution < -0.4 is 0 Å². The summed E-state index contributed by atoms with van der Waals surface area (Å²) in [6.45, 7) is 2.53. The van der Waals surface area contributed by atoms with Gasteiger partial charge in [-0.1, -0.05) is 30.3 Å². The zero-order valence-electron chi connectivity index (χ0n) is 16.1. The number of piperazine rings is 1. The zero-order chi connectivity index (χ0) is 20.0. The van der Waals surface area contributed by atoms with Crippen molar-refractivity contribution in [3.63, 3.8) is 0 Å². The molecule has 29 heavy (non-hydrogen) atoms. The van der Waals surface area contributed by atoms with E-state index in [4.69, 9.17) is 0 Å². The van der Waals surface area contributed by atoms with Gasteiger partial charge in [-0.2, -0.15) is 0 Å². The number of amides is 2. The summed E-state index contributed by atoms with van der Waals surface area (Å²) in [5, 5.41) is 10.2. The van der Waals surface area contributed by atoms with Gasteiger partial charge in [0.2, 0.25) is 5.91 Å². The minimum Gasteiger partial charge on any atom is -0.392 e. The van der Waals surface area contributed by atoms with E-state index in [1.807, 2.05) is 47.4 Å². The van der Waals surface area contributed by atoms with Crippen molar-refractivity contribution >= 4 is 11.8 Å². The fraction of sp³-hybridized carbons (Fsp3) is 0.409. The molecular formula is C22H24N4O3. The topological polar surface area (TPSA) is 77.0 Å². The van der Waals surface area contributed by atoms with Crippen LogP contribution in [-0.2, 0) is 22.7 Å². The number of imide groups is 1. The van der Waals surface area contributed by atoms with E-state index in [0.29, 0.717) is 26.1 Å². The van der Waals surface area contributed by atoms with Gasteiger partial charge < -0.3 is 5.11 Å². The van der Waals surface area contributed by atoms with E-state index in [1.54, 1.807) is 12.4 Å². The number of fused-ring (bicyclic) bond motifs is 2. The van der Waals surface area contributed by atoms with Crippen molar-refractivity contribution in [2.75, 3.05) is 19.6 Å². The Morgan fingerprint density at radius 3 is 2.41 bits per heavy atom. The Labute approximate surface area is 169 Å². The summed E-state index contributed by atoms with van der Waals surface area (Å²) in [6.07, 6.45) is 3.36. The Balaban J connectivity index is 1.40. The molecule has 150 valence electrons. The van der Waals surface area contributed by atoms with Crippen LogP contribution in [0, 0.1) is 0 Å². The van der Waals surface area contributed by atoms with Crippen LogP contribution in [0.1, 0.15) is 17.5 Å². The molecule has 0 aliphatic carbocycles. The highest BCUT2D eigenvalue weighted by Crippen LogP contribution is 2.41. The fourth-order valence-corrected chi connectivity index (χ4v) is 4.96. The molecule has 4 heterocycles. The Morgan fingerprint density at radius 1 is 1.00 bits per heavy atom. The third-order valence-corrected chi connectivity index (χ3v) is 6.33. The number of hydrogen-bond acceptors (Lipinski definition) is 6. The van der Waals surface area contributed by atoms with Crippen LogP contribution in [-0.4, -0.2) is 73.9 Å². The molecule has 2 atom stereocenters. The van der Waals surface area contributed by atoms with Crippen molar-refractivity contribution in [1.82, 2.24) is 19.7 Å². The van der Waals surface area contributed by atoms with Crippen LogP contribution in [0.15, 0.2) is 54.9 Å². The normalized spacial score (nSPS) is 26.6. The Hall–Kier alpha value is -2.61. The zero-order valence-corrected chi connectivity index (χ0v) is 16.1. The second-order valence-corrected chi connectivity index (χ2v) is 8.31. The maximum atomic E-state index is 13.5. The molecule has 1 N–H and O–H groups in total. The first-order valence-corrected chi connectivity index (χ1v) is 10.0. The van der Waals surface area contributed by atoms with Crippen molar-refractivity contribution in [1.29, 1.82) is 0 Å². The molecule has 2 unspecified atom stereocenters. The summed E-state index contributed by atoms with van der Waals surface area (Å²) in [7, 11) is 0. The van der Waals surface area contributed by atoms with Crippen LogP contribution in [0.3, 0.4) is 0 Å². The summed E-state index contributed by atoms with van der Waals surface area (Å²) in [5.74, 6) is -0.323. The first kappa shape index (κ1) is 18.4. The lowest BCUT2D eigenvalue weighted by molar-refractivity contribution is -0.181. The van der Waals surface area contributed by atoms with Gasteiger partial charge in [-0.05, 0) is 29.7 Å². The number of hydrogen-bond donors (Lipinski definition) is 1. The molecule has 2 aromatic rings. The molecule has 0 saturated carbocycles. The summed E-state index contributed by atoms with van der Waals surface area (Å²) in [6, 6.07) is 13.1. The van der Waals surface area contributed by atoms with E-state index >= 15 is 0 Å². The smallest absolute Gasteiger partial charge is 0.252 e. The molecule has 3 fully saturated rings. The summed E-state index contributed by atoms with van der Waals surface area (Å²) in [5.41, 5.74) is 1.36. The molecule has 7 nitrogen and oxygen atoms in total. The van der Waals surface area contributed by atoms with Gasteiger partial charge in [-0.15, -0.1) is 0 Å². The standard InChI is InChI=1S/C22H24N4O3/c27-18-10-19-20(28)25(12-16-4-2-1-3-5-16)21(29)22(26(19)13-18)14-24(15-22)11-17-6-8-23-9-7-17/h1-9,18-19,27H,10-15H2. The number of rotatable bonds is 4. The van der Waals surface area contributed by atoms with Crippen molar-refractivity contribution in [2.24, 2.45) is 0 Å². The minimum atomic E-state index is -0.724. The van der Waals surface area contributed by atoms with Crippen LogP contribution in [0.5, 0.6) is 0 Å². The molecule has 1 aromatic carbocycles. The number of aliphatic hydroxyl groups excluding tert-OH is 1. The van der Waals surface area contributed by atoms with Gasteiger partial charge in [-0.25, -0.2) is 0 Å². The highest BCUT2D eigenvalue weighted by atomic mass is 16.3. The number of likely N-dealkylation sites (tertiary alicyclic amines) is 1. The van der Waals surface area contributed by atoms with E-state index in [0.717, 1.165) is 17.7 Å². The molecule has 7 heteroatoms. The van der Waals surface area contributed by atoms with Crippen LogP contribution in [0.25, 0.3) is 0 Å². The van der Waals surface area contributed by atoms with Crippen LogP contribution >= 0.6 is 0 Å². The Morgan fingerprint density at radius 2 is 1.69 bits per heavy atom. The molecular weight excluding hydrogens is 368 g/mol. The number of aliphatic hydroxyl groups is 1. The van der Waals surface area contributed by atoms with E-state index in [2.05, 4.69) is 9.88 Å². The van der Waals surface area contributed by atoms with Gasteiger partial charge >= 0.3 is 0 Å². The number of β-amino-alcohol motifs (C(OH)–C–C–N with tert-alkyl or cyclic N) is 1. The Bertz CT molecular complexity index is 914. The second-order valence-electron chi connectivity index (χ2n) is 8.31. The monoisotopic (exact) mass is 392 g/mol. The van der Waals surface area contributed by atoms with Crippen molar-refractivity contribution in [3.8, 4) is 0 Å². The van der Waals surface area contributed by atoms with Gasteiger partial charge in [0, 0.05) is 38.6 Å². The van der Waals surface area contributed by atoms with Gasteiger partial charge in [0.15, 0.2) is 0 Å². The predicted molar refractivity (Wildman–Crippen MR) is 105 cm³/mol. The molecule has 3 saturated heterocycles. The molecule has 2 amide bonds. The van der Waals surface area contributed by atoms with Crippen LogP contribution in [0.4, 0.5) is 0 Å². The third-order valence-electron chi connectivity index (χ3n) is 6.33. The van der Waals surface area contributed by atoms with Crippen LogP contribution in [0.2, 0.25) is 0 Å².